The van der Waals surface area contributed by atoms with Crippen LogP contribution < -0.4 is 9.41 Å². The van der Waals surface area contributed by atoms with Crippen LogP contribution >= 0.6 is 0 Å². The minimum Gasteiger partial charge on any atom is -1.00 e. The Bertz CT molecular complexity index is 6.00. The van der Waals surface area contributed by atoms with E-state index in [9.17, 15) is 0 Å². The first-order valence-electron chi connectivity index (χ1n) is 0. The van der Waals surface area contributed by atoms with Crippen LogP contribution in [0.1, 0.15) is 0 Å². The van der Waals surface area contributed by atoms with Crippen molar-refractivity contribution < 1.29 is 85.8 Å². The molecule has 0 bridgehead atoms. The number of hydrogen-bond donors (Lipinski definition) is 0. The normalized spacial score (nSPS) is 0. The third-order valence-corrected chi connectivity index (χ3v) is 0. The van der Waals surface area contributed by atoms with Crippen molar-refractivity contribution >= 4 is 0 Å². The molecule has 0 saturated heterocycles. The number of hydrogen-bond acceptors (Lipinski definition) is 0. The Kier molecular flexibility index (Phi) is 147. The molecule has 0 aliphatic rings. The molecule has 0 unspecified atom stereocenters. The van der Waals surface area contributed by atoms with E-state index < -0.39 is 0 Å². The molecule has 0 aliphatic carbocycles. The van der Waals surface area contributed by atoms with Crippen molar-refractivity contribution in [3.8, 4) is 0 Å². The van der Waals surface area contributed by atoms with Gasteiger partial charge in [0.15, 0.2) is 0 Å². The minimum absolute atomic E-state index is 0. The summed E-state index contributed by atoms with van der Waals surface area (Å²) >= 11 is 0. The third-order valence-electron chi connectivity index (χ3n) is 0. The van der Waals surface area contributed by atoms with Gasteiger partial charge >= 0.3 is 76.4 Å². The Morgan fingerprint density at radius 2 is 0.750 bits per heavy atom. The predicted octanol–water partition coefficient (Wildman–Crippen LogP) is -5.99. The standard InChI is InChI=1S/2FH.La.Nd/h2*1H;;/q;;2*+3/p-2. The second-order valence-electron chi connectivity index (χ2n) is 0. The van der Waals surface area contributed by atoms with E-state index >= 15 is 0 Å². The molecule has 0 nitrogen and oxygen atoms in total. The van der Waals surface area contributed by atoms with Crippen molar-refractivity contribution in [1.29, 1.82) is 0 Å². The van der Waals surface area contributed by atoms with Gasteiger partial charge in [-0.2, -0.15) is 0 Å². The average Bonchev–Trinajstić information content (AvgIpc) is 0. The Morgan fingerprint density at radius 3 is 0.750 bits per heavy atom. The summed E-state index contributed by atoms with van der Waals surface area (Å²) < 4.78 is 0. The van der Waals surface area contributed by atoms with Crippen LogP contribution in [0.5, 0.6) is 0 Å². The minimum atomic E-state index is 0. The van der Waals surface area contributed by atoms with Gasteiger partial charge in [0, 0.05) is 0 Å². The van der Waals surface area contributed by atoms with Crippen LogP contribution in [0.4, 0.5) is 0 Å². The molecular weight excluding hydrogens is 321 g/mol. The Hall–Kier alpha value is 2.41. The smallest absolute Gasteiger partial charge is 1.00 e. The van der Waals surface area contributed by atoms with Gasteiger partial charge in [-0.05, 0) is 0 Å². The van der Waals surface area contributed by atoms with Crippen molar-refractivity contribution in [2.24, 2.45) is 0 Å². The zero-order valence-corrected chi connectivity index (χ0v) is 8.67. The molecule has 0 saturated carbocycles. The zero-order valence-electron chi connectivity index (χ0n) is 1.83. The van der Waals surface area contributed by atoms with Crippen LogP contribution in [-0.4, -0.2) is 0 Å². The van der Waals surface area contributed by atoms with Crippen LogP contribution in [0.2, 0.25) is 0 Å². The largest absolute Gasteiger partial charge is 3.00 e. The van der Waals surface area contributed by atoms with Gasteiger partial charge in [-0.1, -0.05) is 0 Å². The molecule has 0 aliphatic heterocycles. The van der Waals surface area contributed by atoms with E-state index in [1.54, 1.807) is 0 Å². The molecule has 0 atom stereocenters. The number of halogens is 2. The molecule has 0 fully saturated rings. The van der Waals surface area contributed by atoms with Gasteiger partial charge in [-0.15, -0.1) is 0 Å². The Morgan fingerprint density at radius 1 is 0.750 bits per heavy atom. The molecule has 0 aromatic heterocycles. The van der Waals surface area contributed by atoms with Crippen LogP contribution in [0.15, 0.2) is 0 Å². The van der Waals surface area contributed by atoms with Crippen molar-refractivity contribution in [3.63, 3.8) is 0 Å². The molecule has 0 aromatic carbocycles. The van der Waals surface area contributed by atoms with Crippen molar-refractivity contribution in [1.82, 2.24) is 0 Å². The van der Waals surface area contributed by atoms with Crippen LogP contribution in [0.25, 0.3) is 0 Å². The molecule has 17 valence electrons. The van der Waals surface area contributed by atoms with Gasteiger partial charge in [0.05, 0.1) is 0 Å². The Balaban J connectivity index is 0. The summed E-state index contributed by atoms with van der Waals surface area (Å²) in [5, 5.41) is 0. The first-order chi connectivity index (χ1) is 0. The topological polar surface area (TPSA) is 0 Å². The molecule has 0 N–H and O–H groups in total. The maximum atomic E-state index is 0. The van der Waals surface area contributed by atoms with Gasteiger partial charge in [0.2, 0.25) is 0 Å². The maximum Gasteiger partial charge on any atom is 3.00 e. The molecule has 0 aromatic rings. The molecule has 0 amide bonds. The van der Waals surface area contributed by atoms with E-state index in [0.29, 0.717) is 0 Å². The summed E-state index contributed by atoms with van der Waals surface area (Å²) in [6.45, 7) is 0. The van der Waals surface area contributed by atoms with Crippen molar-refractivity contribution in [2.75, 3.05) is 0 Å². The summed E-state index contributed by atoms with van der Waals surface area (Å²) in [7, 11) is 0. The predicted molar refractivity (Wildman–Crippen MR) is 0 cm³/mol. The third kappa shape index (κ3) is 8.83. The second kappa shape index (κ2) is 18.1. The van der Waals surface area contributed by atoms with E-state index in [1.807, 2.05) is 0 Å². The summed E-state index contributed by atoms with van der Waals surface area (Å²) in [4.78, 5) is 0. The molecule has 4 heavy (non-hydrogen) atoms. The molecule has 0 spiro atoms. The summed E-state index contributed by atoms with van der Waals surface area (Å²) in [6.07, 6.45) is 0. The van der Waals surface area contributed by atoms with Crippen LogP contribution in [0, 0.1) is 76.4 Å². The van der Waals surface area contributed by atoms with E-state index in [0.717, 1.165) is 0 Å². The van der Waals surface area contributed by atoms with E-state index in [-0.39, 0.29) is 85.8 Å². The SMILES string of the molecule is [F-].[F-].[La+3].[Nd+3]. The summed E-state index contributed by atoms with van der Waals surface area (Å²) in [6, 6.07) is 0. The number of rotatable bonds is 0. The van der Waals surface area contributed by atoms with E-state index in [1.165, 1.54) is 0 Å². The fraction of sp³-hybridized carbons (Fsp3) is 0. The maximum absolute atomic E-state index is 0. The molecule has 1 radical (unpaired) electrons. The molecular formula is F2LaNd+4. The van der Waals surface area contributed by atoms with E-state index in [2.05, 4.69) is 0 Å². The monoisotopic (exact) mass is 319 g/mol. The quantitative estimate of drug-likeness (QED) is 0.417. The first-order valence-corrected chi connectivity index (χ1v) is 0. The van der Waals surface area contributed by atoms with Crippen molar-refractivity contribution in [2.45, 2.75) is 0 Å². The fourth-order valence-corrected chi connectivity index (χ4v) is 0. The summed E-state index contributed by atoms with van der Waals surface area (Å²) in [5.41, 5.74) is 0. The van der Waals surface area contributed by atoms with Gasteiger partial charge in [-0.25, -0.2) is 0 Å². The van der Waals surface area contributed by atoms with Crippen molar-refractivity contribution in [3.05, 3.63) is 0 Å². The average molecular weight is 321 g/mol. The molecule has 4 heteroatoms. The fourth-order valence-electron chi connectivity index (χ4n) is 0. The Labute approximate surface area is 84.0 Å². The van der Waals surface area contributed by atoms with Crippen LogP contribution in [0.3, 0.4) is 0 Å². The second-order valence-corrected chi connectivity index (χ2v) is 0. The van der Waals surface area contributed by atoms with E-state index in [4.69, 9.17) is 0 Å². The van der Waals surface area contributed by atoms with Crippen LogP contribution in [-0.2, 0) is 0 Å². The zero-order chi connectivity index (χ0) is 0. The van der Waals surface area contributed by atoms with Gasteiger partial charge in [0.25, 0.3) is 0 Å². The van der Waals surface area contributed by atoms with Gasteiger partial charge in [-0.3, -0.25) is 0 Å². The summed E-state index contributed by atoms with van der Waals surface area (Å²) in [5.74, 6) is 0. The molecule has 0 heterocycles. The first kappa shape index (κ1) is 32.3. The molecule has 0 rings (SSSR count). The van der Waals surface area contributed by atoms with Gasteiger partial charge < -0.3 is 9.41 Å². The van der Waals surface area contributed by atoms with Gasteiger partial charge in [0.1, 0.15) is 0 Å².